The fourth-order valence-corrected chi connectivity index (χ4v) is 2.05. The van der Waals surface area contributed by atoms with Gasteiger partial charge in [0.2, 0.25) is 0 Å². The average molecular weight is 290 g/mol. The summed E-state index contributed by atoms with van der Waals surface area (Å²) in [6.07, 6.45) is 0. The highest BCUT2D eigenvalue weighted by Crippen LogP contribution is 2.28. The molecule has 0 spiro atoms. The van der Waals surface area contributed by atoms with E-state index >= 15 is 0 Å². The van der Waals surface area contributed by atoms with E-state index in [0.717, 1.165) is 17.7 Å². The first-order valence-corrected chi connectivity index (χ1v) is 6.36. The Kier molecular flexibility index (Phi) is 3.43. The minimum absolute atomic E-state index is 0.0133. The van der Waals surface area contributed by atoms with Crippen molar-refractivity contribution in [1.82, 2.24) is 0 Å². The van der Waals surface area contributed by atoms with Gasteiger partial charge in [-0.1, -0.05) is 6.07 Å². The summed E-state index contributed by atoms with van der Waals surface area (Å²) in [4.78, 5) is 11.3. The van der Waals surface area contributed by atoms with Gasteiger partial charge in [0, 0.05) is 18.3 Å². The fraction of sp³-hybridized carbons (Fsp3) is 0.133. The first-order chi connectivity index (χ1) is 10.1. The van der Waals surface area contributed by atoms with Gasteiger partial charge in [0.1, 0.15) is 5.75 Å². The summed E-state index contributed by atoms with van der Waals surface area (Å²) in [5.41, 5.74) is 1.96. The molecule has 0 aliphatic carbocycles. The largest absolute Gasteiger partial charge is 0.482 e. The van der Waals surface area contributed by atoms with E-state index in [2.05, 4.69) is 10.6 Å². The number of nitrogens with one attached hydrogen (secondary N) is 2. The van der Waals surface area contributed by atoms with Crippen LogP contribution in [0, 0.1) is 11.6 Å². The Hall–Kier alpha value is -2.63. The molecule has 2 N–H and O–H groups in total. The monoisotopic (exact) mass is 290 g/mol. The molecule has 1 heterocycles. The number of ether oxygens (including phenoxy) is 1. The molecule has 21 heavy (non-hydrogen) atoms. The molecule has 2 aromatic rings. The number of carbonyl (C=O) groups excluding carboxylic acids is 1. The van der Waals surface area contributed by atoms with Gasteiger partial charge in [-0.05, 0) is 29.8 Å². The number of amides is 1. The zero-order chi connectivity index (χ0) is 14.8. The lowest BCUT2D eigenvalue weighted by Crippen LogP contribution is -2.25. The predicted octanol–water partition coefficient (Wildman–Crippen LogP) is 2.91. The second-order valence-corrected chi connectivity index (χ2v) is 4.65. The van der Waals surface area contributed by atoms with Crippen molar-refractivity contribution in [3.05, 3.63) is 53.6 Å². The van der Waals surface area contributed by atoms with E-state index < -0.39 is 11.6 Å². The summed E-state index contributed by atoms with van der Waals surface area (Å²) >= 11 is 0. The van der Waals surface area contributed by atoms with Crippen molar-refractivity contribution in [3.8, 4) is 5.75 Å². The second kappa shape index (κ2) is 5.40. The molecule has 108 valence electrons. The molecule has 3 rings (SSSR count). The van der Waals surface area contributed by atoms with Gasteiger partial charge in [-0.2, -0.15) is 0 Å². The molecule has 0 fully saturated rings. The quantitative estimate of drug-likeness (QED) is 0.914. The molecule has 0 aromatic heterocycles. The van der Waals surface area contributed by atoms with Gasteiger partial charge < -0.3 is 15.4 Å². The van der Waals surface area contributed by atoms with Crippen molar-refractivity contribution < 1.29 is 18.3 Å². The van der Waals surface area contributed by atoms with Crippen LogP contribution < -0.4 is 15.4 Å². The molecular weight excluding hydrogens is 278 g/mol. The molecule has 0 bridgehead atoms. The average Bonchev–Trinajstić information content (AvgIpc) is 2.48. The van der Waals surface area contributed by atoms with Crippen LogP contribution in [-0.4, -0.2) is 12.5 Å². The molecule has 1 amide bonds. The summed E-state index contributed by atoms with van der Waals surface area (Å²) in [7, 11) is 0. The van der Waals surface area contributed by atoms with Gasteiger partial charge in [-0.25, -0.2) is 8.78 Å². The lowest BCUT2D eigenvalue weighted by Gasteiger charge is -2.18. The Labute approximate surface area is 119 Å². The Morgan fingerprint density at radius 2 is 2.00 bits per heavy atom. The standard InChI is InChI=1S/C15H12F2N2O2/c16-11-3-2-10(6-12(11)17)18-7-9-1-4-14-13(5-9)19-15(20)8-21-14/h1-6,18H,7-8H2,(H,19,20). The third kappa shape index (κ3) is 2.94. The number of hydrogen-bond donors (Lipinski definition) is 2. The van der Waals surface area contributed by atoms with Crippen molar-refractivity contribution in [3.63, 3.8) is 0 Å². The topological polar surface area (TPSA) is 50.4 Å². The van der Waals surface area contributed by atoms with Crippen LogP contribution in [0.5, 0.6) is 5.75 Å². The third-order valence-electron chi connectivity index (χ3n) is 3.09. The van der Waals surface area contributed by atoms with Crippen LogP contribution in [0.25, 0.3) is 0 Å². The summed E-state index contributed by atoms with van der Waals surface area (Å²) in [6.45, 7) is 0.424. The van der Waals surface area contributed by atoms with Crippen LogP contribution >= 0.6 is 0 Å². The maximum Gasteiger partial charge on any atom is 0.262 e. The van der Waals surface area contributed by atoms with Crippen LogP contribution in [0.1, 0.15) is 5.56 Å². The molecule has 1 aliphatic heterocycles. The molecule has 0 saturated heterocycles. The molecule has 4 nitrogen and oxygen atoms in total. The molecule has 6 heteroatoms. The fourth-order valence-electron chi connectivity index (χ4n) is 2.05. The Bertz CT molecular complexity index is 704. The molecule has 1 aliphatic rings. The molecule has 0 radical (unpaired) electrons. The van der Waals surface area contributed by atoms with Crippen molar-refractivity contribution in [1.29, 1.82) is 0 Å². The maximum absolute atomic E-state index is 13.1. The molecule has 2 aromatic carbocycles. The van der Waals surface area contributed by atoms with Crippen molar-refractivity contribution in [2.45, 2.75) is 6.54 Å². The van der Waals surface area contributed by atoms with E-state index in [9.17, 15) is 13.6 Å². The number of halogens is 2. The zero-order valence-corrected chi connectivity index (χ0v) is 11.0. The number of carbonyl (C=O) groups is 1. The number of hydrogen-bond acceptors (Lipinski definition) is 3. The molecular formula is C15H12F2N2O2. The minimum atomic E-state index is -0.897. The van der Waals surface area contributed by atoms with E-state index in [4.69, 9.17) is 4.74 Å². The van der Waals surface area contributed by atoms with Crippen LogP contribution in [0.4, 0.5) is 20.2 Å². The van der Waals surface area contributed by atoms with Crippen LogP contribution in [0.3, 0.4) is 0 Å². The lowest BCUT2D eigenvalue weighted by atomic mass is 10.1. The van der Waals surface area contributed by atoms with E-state index in [0.29, 0.717) is 23.7 Å². The van der Waals surface area contributed by atoms with Gasteiger partial charge in [0.15, 0.2) is 18.2 Å². The molecule has 0 saturated carbocycles. The Morgan fingerprint density at radius 3 is 2.81 bits per heavy atom. The van der Waals surface area contributed by atoms with Crippen molar-refractivity contribution in [2.75, 3.05) is 17.2 Å². The second-order valence-electron chi connectivity index (χ2n) is 4.65. The van der Waals surface area contributed by atoms with Crippen molar-refractivity contribution >= 4 is 17.3 Å². The van der Waals surface area contributed by atoms with Crippen LogP contribution in [-0.2, 0) is 11.3 Å². The Morgan fingerprint density at radius 1 is 1.14 bits per heavy atom. The van der Waals surface area contributed by atoms with Gasteiger partial charge in [-0.15, -0.1) is 0 Å². The predicted molar refractivity (Wildman–Crippen MR) is 74.3 cm³/mol. The van der Waals surface area contributed by atoms with Gasteiger partial charge in [-0.3, -0.25) is 4.79 Å². The van der Waals surface area contributed by atoms with Crippen LogP contribution in [0.15, 0.2) is 36.4 Å². The summed E-state index contributed by atoms with van der Waals surface area (Å²) in [6, 6.07) is 9.00. The first kappa shape index (κ1) is 13.4. The van der Waals surface area contributed by atoms with Gasteiger partial charge in [0.25, 0.3) is 5.91 Å². The normalized spacial score (nSPS) is 13.1. The van der Waals surface area contributed by atoms with E-state index in [1.807, 2.05) is 6.07 Å². The lowest BCUT2D eigenvalue weighted by molar-refractivity contribution is -0.118. The van der Waals surface area contributed by atoms with E-state index in [-0.39, 0.29) is 12.5 Å². The summed E-state index contributed by atoms with van der Waals surface area (Å²) in [5, 5.41) is 5.70. The number of benzene rings is 2. The number of rotatable bonds is 3. The van der Waals surface area contributed by atoms with Gasteiger partial charge in [0.05, 0.1) is 5.69 Å². The highest BCUT2D eigenvalue weighted by atomic mass is 19.2. The molecule has 0 atom stereocenters. The van der Waals surface area contributed by atoms with Crippen molar-refractivity contribution in [2.24, 2.45) is 0 Å². The smallest absolute Gasteiger partial charge is 0.262 e. The van der Waals surface area contributed by atoms with E-state index in [1.165, 1.54) is 6.07 Å². The number of fused-ring (bicyclic) bond motifs is 1. The minimum Gasteiger partial charge on any atom is -0.482 e. The highest BCUT2D eigenvalue weighted by Gasteiger charge is 2.15. The number of anilines is 2. The first-order valence-electron chi connectivity index (χ1n) is 6.36. The highest BCUT2D eigenvalue weighted by molar-refractivity contribution is 5.95. The molecule has 0 unspecified atom stereocenters. The SMILES string of the molecule is O=C1COc2ccc(CNc3ccc(F)c(F)c3)cc2N1. The third-order valence-corrected chi connectivity index (χ3v) is 3.09. The Balaban J connectivity index is 1.72. The van der Waals surface area contributed by atoms with E-state index in [1.54, 1.807) is 12.1 Å². The van der Waals surface area contributed by atoms with Gasteiger partial charge >= 0.3 is 0 Å². The van der Waals surface area contributed by atoms with Crippen LogP contribution in [0.2, 0.25) is 0 Å². The zero-order valence-electron chi connectivity index (χ0n) is 11.0. The summed E-state index contributed by atoms with van der Waals surface area (Å²) < 4.78 is 31.2. The summed E-state index contributed by atoms with van der Waals surface area (Å²) in [5.74, 6) is -1.36. The maximum atomic E-state index is 13.1.